The Morgan fingerprint density at radius 3 is 2.52 bits per heavy atom. The topological polar surface area (TPSA) is 66.9 Å². The Bertz CT molecular complexity index is 673. The molecule has 1 aromatic carbocycles. The summed E-state index contributed by atoms with van der Waals surface area (Å²) in [6.45, 7) is 3.76. The van der Waals surface area contributed by atoms with E-state index >= 15 is 0 Å². The minimum Gasteiger partial charge on any atom is -0.383 e. The number of nitrogens with zero attached hydrogens (tertiary/aromatic N) is 2. The van der Waals surface area contributed by atoms with Crippen LogP contribution in [0, 0.1) is 6.92 Å². The maximum Gasteiger partial charge on any atom is 0.237 e. The van der Waals surface area contributed by atoms with E-state index in [0.29, 0.717) is 26.1 Å². The summed E-state index contributed by atoms with van der Waals surface area (Å²) >= 11 is 0. The predicted octanol–water partition coefficient (Wildman–Crippen LogP) is 1.09. The van der Waals surface area contributed by atoms with Crippen molar-refractivity contribution in [3.8, 4) is 0 Å². The molecule has 7 heteroatoms. The predicted molar refractivity (Wildman–Crippen MR) is 98.2 cm³/mol. The van der Waals surface area contributed by atoms with Gasteiger partial charge in [-0.05, 0) is 26.0 Å². The molecule has 140 valence electrons. The van der Waals surface area contributed by atoms with E-state index in [1.54, 1.807) is 12.0 Å². The summed E-state index contributed by atoms with van der Waals surface area (Å²) in [5, 5.41) is 0. The number of amides is 1. The number of rotatable bonds is 8. The molecule has 1 heterocycles. The van der Waals surface area contributed by atoms with Crippen molar-refractivity contribution in [3.05, 3.63) is 35.4 Å². The van der Waals surface area contributed by atoms with Gasteiger partial charge in [-0.2, -0.15) is 0 Å². The van der Waals surface area contributed by atoms with Crippen LogP contribution in [0.2, 0.25) is 0 Å². The molecule has 0 saturated carbocycles. The monoisotopic (exact) mass is 368 g/mol. The highest BCUT2D eigenvalue weighted by Crippen LogP contribution is 2.17. The zero-order chi connectivity index (χ0) is 18.4. The van der Waals surface area contributed by atoms with Gasteiger partial charge in [0.25, 0.3) is 0 Å². The number of carbonyl (C=O) groups excluding carboxylic acids is 1. The van der Waals surface area contributed by atoms with Crippen molar-refractivity contribution < 1.29 is 17.9 Å². The lowest BCUT2D eigenvalue weighted by atomic mass is 10.1. The van der Waals surface area contributed by atoms with Crippen LogP contribution < -0.4 is 0 Å². The van der Waals surface area contributed by atoms with E-state index < -0.39 is 9.84 Å². The third-order valence-electron chi connectivity index (χ3n) is 4.63. The molecule has 0 N–H and O–H groups in total. The lowest BCUT2D eigenvalue weighted by Crippen LogP contribution is -2.44. The Kier molecular flexibility index (Phi) is 6.98. The van der Waals surface area contributed by atoms with Crippen molar-refractivity contribution in [2.45, 2.75) is 25.9 Å². The fourth-order valence-corrected chi connectivity index (χ4v) is 4.78. The van der Waals surface area contributed by atoms with Crippen LogP contribution in [0.5, 0.6) is 0 Å². The van der Waals surface area contributed by atoms with Gasteiger partial charge >= 0.3 is 0 Å². The molecule has 1 saturated heterocycles. The number of ether oxygens (including phenoxy) is 1. The van der Waals surface area contributed by atoms with E-state index in [1.807, 2.05) is 43.1 Å². The Balaban J connectivity index is 1.98. The summed E-state index contributed by atoms with van der Waals surface area (Å²) < 4.78 is 28.4. The molecule has 0 aliphatic carbocycles. The first-order chi connectivity index (χ1) is 11.8. The van der Waals surface area contributed by atoms with Crippen LogP contribution in [0.1, 0.15) is 17.5 Å². The Hall–Kier alpha value is -1.44. The van der Waals surface area contributed by atoms with Crippen LogP contribution in [0.4, 0.5) is 0 Å². The first-order valence-corrected chi connectivity index (χ1v) is 10.4. The molecule has 0 bridgehead atoms. The summed E-state index contributed by atoms with van der Waals surface area (Å²) in [5.74, 6) is 0.351. The van der Waals surface area contributed by atoms with Gasteiger partial charge in [-0.1, -0.05) is 29.8 Å². The Labute approximate surface area is 150 Å². The number of hydrogen-bond donors (Lipinski definition) is 0. The summed E-state index contributed by atoms with van der Waals surface area (Å²) in [6, 6.07) is 8.04. The standard InChI is InChI=1S/C18H28N2O4S/c1-15-4-6-16(7-5-15)12-20(9-10-24-3)18(21)13-19(2)17-8-11-25(22,23)14-17/h4-7,17H,8-14H2,1-3H3/t17-/m1/s1. The smallest absolute Gasteiger partial charge is 0.237 e. The van der Waals surface area contributed by atoms with Gasteiger partial charge in [0.2, 0.25) is 5.91 Å². The van der Waals surface area contributed by atoms with Gasteiger partial charge in [-0.15, -0.1) is 0 Å². The first-order valence-electron chi connectivity index (χ1n) is 8.53. The number of carbonyl (C=O) groups is 1. The first kappa shape index (κ1) is 19.9. The second-order valence-electron chi connectivity index (χ2n) is 6.77. The highest BCUT2D eigenvalue weighted by atomic mass is 32.2. The third kappa shape index (κ3) is 6.09. The lowest BCUT2D eigenvalue weighted by Gasteiger charge is -2.28. The van der Waals surface area contributed by atoms with Crippen LogP contribution in [0.25, 0.3) is 0 Å². The molecule has 1 aliphatic heterocycles. The second kappa shape index (κ2) is 8.78. The largest absolute Gasteiger partial charge is 0.383 e. The normalized spacial score (nSPS) is 19.3. The molecule has 1 fully saturated rings. The molecule has 0 spiro atoms. The number of benzene rings is 1. The van der Waals surface area contributed by atoms with Crippen LogP contribution >= 0.6 is 0 Å². The van der Waals surface area contributed by atoms with Crippen LogP contribution in [0.15, 0.2) is 24.3 Å². The van der Waals surface area contributed by atoms with Crippen molar-refractivity contribution in [1.82, 2.24) is 9.80 Å². The van der Waals surface area contributed by atoms with E-state index in [-0.39, 0.29) is 30.0 Å². The molecule has 0 unspecified atom stereocenters. The van der Waals surface area contributed by atoms with Gasteiger partial charge in [-0.25, -0.2) is 8.42 Å². The highest BCUT2D eigenvalue weighted by molar-refractivity contribution is 7.91. The second-order valence-corrected chi connectivity index (χ2v) is 8.99. The number of aryl methyl sites for hydroxylation is 1. The van der Waals surface area contributed by atoms with Crippen LogP contribution in [0.3, 0.4) is 0 Å². The average Bonchev–Trinajstić information content (AvgIpc) is 2.93. The van der Waals surface area contributed by atoms with E-state index in [0.717, 1.165) is 5.56 Å². The van der Waals surface area contributed by atoms with Gasteiger partial charge in [0.15, 0.2) is 9.84 Å². The van der Waals surface area contributed by atoms with Crippen LogP contribution in [-0.2, 0) is 25.9 Å². The fourth-order valence-electron chi connectivity index (χ4n) is 2.97. The molecule has 1 atom stereocenters. The zero-order valence-corrected chi connectivity index (χ0v) is 16.1. The number of hydrogen-bond acceptors (Lipinski definition) is 5. The maximum absolute atomic E-state index is 12.7. The molecular weight excluding hydrogens is 340 g/mol. The van der Waals surface area contributed by atoms with Crippen LogP contribution in [-0.4, -0.2) is 75.5 Å². The summed E-state index contributed by atoms with van der Waals surface area (Å²) in [4.78, 5) is 16.4. The van der Waals surface area contributed by atoms with Crippen molar-refractivity contribution in [3.63, 3.8) is 0 Å². The number of methoxy groups -OCH3 is 1. The minimum atomic E-state index is -2.95. The quantitative estimate of drug-likeness (QED) is 0.687. The molecule has 0 radical (unpaired) electrons. The molecule has 25 heavy (non-hydrogen) atoms. The van der Waals surface area contributed by atoms with E-state index in [1.165, 1.54) is 5.56 Å². The highest BCUT2D eigenvalue weighted by Gasteiger charge is 2.31. The lowest BCUT2D eigenvalue weighted by molar-refractivity contribution is -0.133. The number of sulfone groups is 1. The SMILES string of the molecule is COCCN(Cc1ccc(C)cc1)C(=O)CN(C)[C@@H]1CCS(=O)(=O)C1. The minimum absolute atomic E-state index is 0.00979. The Morgan fingerprint density at radius 1 is 1.28 bits per heavy atom. The molecular formula is C18H28N2O4S. The van der Waals surface area contributed by atoms with E-state index in [9.17, 15) is 13.2 Å². The van der Waals surface area contributed by atoms with Gasteiger partial charge in [0.1, 0.15) is 0 Å². The molecule has 2 rings (SSSR count). The van der Waals surface area contributed by atoms with Gasteiger partial charge in [0.05, 0.1) is 24.7 Å². The van der Waals surface area contributed by atoms with E-state index in [2.05, 4.69) is 0 Å². The van der Waals surface area contributed by atoms with Crippen molar-refractivity contribution in [1.29, 1.82) is 0 Å². The van der Waals surface area contributed by atoms with Gasteiger partial charge in [-0.3, -0.25) is 9.69 Å². The van der Waals surface area contributed by atoms with Crippen molar-refractivity contribution in [2.75, 3.05) is 45.4 Å². The molecule has 1 amide bonds. The van der Waals surface area contributed by atoms with Crippen molar-refractivity contribution in [2.24, 2.45) is 0 Å². The molecule has 1 aromatic rings. The fraction of sp³-hybridized carbons (Fsp3) is 0.611. The summed E-state index contributed by atoms with van der Waals surface area (Å²) in [7, 11) is 0.488. The van der Waals surface area contributed by atoms with E-state index in [4.69, 9.17) is 4.74 Å². The Morgan fingerprint density at radius 2 is 1.96 bits per heavy atom. The molecule has 0 aromatic heterocycles. The van der Waals surface area contributed by atoms with Gasteiger partial charge < -0.3 is 9.64 Å². The zero-order valence-electron chi connectivity index (χ0n) is 15.3. The maximum atomic E-state index is 12.7. The summed E-state index contributed by atoms with van der Waals surface area (Å²) in [6.07, 6.45) is 0.599. The third-order valence-corrected chi connectivity index (χ3v) is 6.38. The number of likely N-dealkylation sites (N-methyl/N-ethyl adjacent to an activating group) is 1. The molecule has 6 nitrogen and oxygen atoms in total. The molecule has 1 aliphatic rings. The van der Waals surface area contributed by atoms with Crippen molar-refractivity contribution >= 4 is 15.7 Å². The average molecular weight is 368 g/mol. The summed E-state index contributed by atoms with van der Waals surface area (Å²) in [5.41, 5.74) is 2.25. The van der Waals surface area contributed by atoms with Gasteiger partial charge in [0, 0.05) is 26.2 Å².